The lowest BCUT2D eigenvalue weighted by molar-refractivity contribution is 0.0987. The van der Waals surface area contributed by atoms with Crippen molar-refractivity contribution < 1.29 is 4.79 Å². The number of amides is 1. The Morgan fingerprint density at radius 1 is 1.25 bits per heavy atom. The lowest BCUT2D eigenvalue weighted by atomic mass is 10.1. The molecule has 0 spiro atoms. The Hall–Kier alpha value is -1.81. The molecule has 0 aliphatic carbocycles. The van der Waals surface area contributed by atoms with Crippen molar-refractivity contribution in [2.24, 2.45) is 0 Å². The Morgan fingerprint density at radius 2 is 2.00 bits per heavy atom. The number of rotatable bonds is 3. The van der Waals surface area contributed by atoms with Crippen LogP contribution in [0.4, 0.5) is 11.4 Å². The zero-order chi connectivity index (χ0) is 14.7. The number of nitrogen functional groups attached to an aromatic ring is 1. The fourth-order valence-electron chi connectivity index (χ4n) is 2.08. The standard InChI is InChI=1S/C16H17BrN2O/c1-3-19(13-6-4-5-12(18)10-13)16(20)14-9-11(2)7-8-15(14)17/h4-10H,3,18H2,1-2H3. The molecule has 2 N–H and O–H groups in total. The first-order valence-corrected chi connectivity index (χ1v) is 7.25. The highest BCUT2D eigenvalue weighted by atomic mass is 79.9. The first-order valence-electron chi connectivity index (χ1n) is 6.46. The van der Waals surface area contributed by atoms with E-state index in [9.17, 15) is 4.79 Å². The van der Waals surface area contributed by atoms with Crippen LogP contribution in [0.25, 0.3) is 0 Å². The quantitative estimate of drug-likeness (QED) is 0.863. The summed E-state index contributed by atoms with van der Waals surface area (Å²) in [7, 11) is 0. The van der Waals surface area contributed by atoms with Crippen molar-refractivity contribution in [1.82, 2.24) is 0 Å². The highest BCUT2D eigenvalue weighted by Gasteiger charge is 2.18. The monoisotopic (exact) mass is 332 g/mol. The van der Waals surface area contributed by atoms with Crippen LogP contribution < -0.4 is 10.6 Å². The molecule has 2 aromatic rings. The average Bonchev–Trinajstić information content (AvgIpc) is 2.42. The number of hydrogen-bond donors (Lipinski definition) is 1. The van der Waals surface area contributed by atoms with E-state index < -0.39 is 0 Å². The van der Waals surface area contributed by atoms with Crippen molar-refractivity contribution in [3.05, 3.63) is 58.1 Å². The number of aryl methyl sites for hydroxylation is 1. The molecule has 1 amide bonds. The third-order valence-corrected chi connectivity index (χ3v) is 3.79. The summed E-state index contributed by atoms with van der Waals surface area (Å²) < 4.78 is 0.801. The van der Waals surface area contributed by atoms with E-state index in [-0.39, 0.29) is 5.91 Å². The Morgan fingerprint density at radius 3 is 2.65 bits per heavy atom. The summed E-state index contributed by atoms with van der Waals surface area (Å²) >= 11 is 3.44. The molecule has 20 heavy (non-hydrogen) atoms. The second-order valence-corrected chi connectivity index (χ2v) is 5.48. The molecule has 0 aliphatic rings. The molecule has 0 saturated carbocycles. The fraction of sp³-hybridized carbons (Fsp3) is 0.188. The molecule has 104 valence electrons. The van der Waals surface area contributed by atoms with Gasteiger partial charge in [0.2, 0.25) is 0 Å². The second kappa shape index (κ2) is 6.09. The largest absolute Gasteiger partial charge is 0.399 e. The van der Waals surface area contributed by atoms with Gasteiger partial charge in [-0.2, -0.15) is 0 Å². The number of anilines is 2. The summed E-state index contributed by atoms with van der Waals surface area (Å²) in [6, 6.07) is 13.1. The van der Waals surface area contributed by atoms with Gasteiger partial charge in [-0.05, 0) is 60.1 Å². The highest BCUT2D eigenvalue weighted by molar-refractivity contribution is 9.10. The van der Waals surface area contributed by atoms with Crippen LogP contribution in [0.3, 0.4) is 0 Å². The van der Waals surface area contributed by atoms with Gasteiger partial charge in [0, 0.05) is 22.4 Å². The van der Waals surface area contributed by atoms with Gasteiger partial charge in [0.15, 0.2) is 0 Å². The summed E-state index contributed by atoms with van der Waals surface area (Å²) in [5.74, 6) is -0.0336. The van der Waals surface area contributed by atoms with Crippen molar-refractivity contribution in [2.75, 3.05) is 17.2 Å². The smallest absolute Gasteiger partial charge is 0.259 e. The average molecular weight is 333 g/mol. The van der Waals surface area contributed by atoms with Crippen LogP contribution in [0.2, 0.25) is 0 Å². The highest BCUT2D eigenvalue weighted by Crippen LogP contribution is 2.24. The van der Waals surface area contributed by atoms with Gasteiger partial charge < -0.3 is 10.6 Å². The number of carbonyl (C=O) groups is 1. The first kappa shape index (κ1) is 14.6. The van der Waals surface area contributed by atoms with E-state index in [2.05, 4.69) is 15.9 Å². The number of benzene rings is 2. The molecule has 0 fully saturated rings. The summed E-state index contributed by atoms with van der Waals surface area (Å²) in [5, 5.41) is 0. The van der Waals surface area contributed by atoms with Crippen LogP contribution in [0, 0.1) is 6.92 Å². The zero-order valence-corrected chi connectivity index (χ0v) is 13.1. The van der Waals surface area contributed by atoms with E-state index in [1.807, 2.05) is 56.3 Å². The molecule has 0 aliphatic heterocycles. The normalized spacial score (nSPS) is 10.3. The molecule has 0 bridgehead atoms. The molecule has 4 heteroatoms. The van der Waals surface area contributed by atoms with Crippen molar-refractivity contribution in [1.29, 1.82) is 0 Å². The molecule has 0 atom stereocenters. The molecule has 0 aromatic heterocycles. The Balaban J connectivity index is 2.41. The number of nitrogens with zero attached hydrogens (tertiary/aromatic N) is 1. The van der Waals surface area contributed by atoms with Gasteiger partial charge in [0.25, 0.3) is 5.91 Å². The summed E-state index contributed by atoms with van der Waals surface area (Å²) in [6.07, 6.45) is 0. The minimum atomic E-state index is -0.0336. The molecule has 3 nitrogen and oxygen atoms in total. The number of nitrogens with two attached hydrogens (primary N) is 1. The third kappa shape index (κ3) is 3.02. The first-order chi connectivity index (χ1) is 9.52. The van der Waals surface area contributed by atoms with Gasteiger partial charge in [-0.3, -0.25) is 4.79 Å². The topological polar surface area (TPSA) is 46.3 Å². The minimum absolute atomic E-state index is 0.0336. The van der Waals surface area contributed by atoms with Crippen LogP contribution in [0.15, 0.2) is 46.9 Å². The van der Waals surface area contributed by atoms with Crippen molar-refractivity contribution in [3.8, 4) is 0 Å². The predicted octanol–water partition coefficient (Wildman–Crippen LogP) is 4.01. The Kier molecular flexibility index (Phi) is 4.45. The van der Waals surface area contributed by atoms with Crippen LogP contribution in [0.5, 0.6) is 0 Å². The van der Waals surface area contributed by atoms with Gasteiger partial charge >= 0.3 is 0 Å². The predicted molar refractivity (Wildman–Crippen MR) is 87.1 cm³/mol. The maximum Gasteiger partial charge on any atom is 0.259 e. The lowest BCUT2D eigenvalue weighted by Crippen LogP contribution is -2.31. The van der Waals surface area contributed by atoms with E-state index >= 15 is 0 Å². The molecular formula is C16H17BrN2O. The van der Waals surface area contributed by atoms with Crippen LogP contribution in [-0.4, -0.2) is 12.5 Å². The fourth-order valence-corrected chi connectivity index (χ4v) is 2.50. The SMILES string of the molecule is CCN(C(=O)c1cc(C)ccc1Br)c1cccc(N)c1. The number of carbonyl (C=O) groups excluding carboxylic acids is 1. The van der Waals surface area contributed by atoms with E-state index in [4.69, 9.17) is 5.73 Å². The van der Waals surface area contributed by atoms with Crippen LogP contribution in [0.1, 0.15) is 22.8 Å². The molecule has 0 unspecified atom stereocenters. The lowest BCUT2D eigenvalue weighted by Gasteiger charge is -2.22. The Labute approximate surface area is 127 Å². The van der Waals surface area contributed by atoms with Gasteiger partial charge in [-0.15, -0.1) is 0 Å². The second-order valence-electron chi connectivity index (χ2n) is 4.63. The van der Waals surface area contributed by atoms with Gasteiger partial charge in [0.05, 0.1) is 5.56 Å². The van der Waals surface area contributed by atoms with E-state index in [1.165, 1.54) is 0 Å². The van der Waals surface area contributed by atoms with Crippen molar-refractivity contribution in [3.63, 3.8) is 0 Å². The third-order valence-electron chi connectivity index (χ3n) is 3.10. The van der Waals surface area contributed by atoms with E-state index in [0.29, 0.717) is 17.8 Å². The van der Waals surface area contributed by atoms with Crippen molar-refractivity contribution >= 4 is 33.2 Å². The molecule has 0 saturated heterocycles. The maximum atomic E-state index is 12.7. The minimum Gasteiger partial charge on any atom is -0.399 e. The van der Waals surface area contributed by atoms with Gasteiger partial charge in [0.1, 0.15) is 0 Å². The van der Waals surface area contributed by atoms with E-state index in [1.54, 1.807) is 4.90 Å². The summed E-state index contributed by atoms with van der Waals surface area (Å²) in [6.45, 7) is 4.51. The van der Waals surface area contributed by atoms with Gasteiger partial charge in [-0.25, -0.2) is 0 Å². The number of hydrogen-bond acceptors (Lipinski definition) is 2. The summed E-state index contributed by atoms with van der Waals surface area (Å²) in [4.78, 5) is 14.4. The molecule has 0 radical (unpaired) electrons. The van der Waals surface area contributed by atoms with Crippen molar-refractivity contribution in [2.45, 2.75) is 13.8 Å². The molecular weight excluding hydrogens is 316 g/mol. The Bertz CT molecular complexity index is 640. The zero-order valence-electron chi connectivity index (χ0n) is 11.6. The maximum absolute atomic E-state index is 12.7. The molecule has 0 heterocycles. The van der Waals surface area contributed by atoms with E-state index in [0.717, 1.165) is 15.7 Å². The summed E-state index contributed by atoms with van der Waals surface area (Å²) in [5.41, 5.74) is 8.97. The molecule has 2 aromatic carbocycles. The number of halogens is 1. The van der Waals surface area contributed by atoms with Crippen LogP contribution >= 0.6 is 15.9 Å². The van der Waals surface area contributed by atoms with Gasteiger partial charge in [-0.1, -0.05) is 17.7 Å². The van der Waals surface area contributed by atoms with Crippen LogP contribution in [-0.2, 0) is 0 Å². The molecule has 2 rings (SSSR count).